The standard InChI is InChI=1S/C24H31N3/c1-18-7-3-4-8-19(18)9-6-13-26-14-12-22-21(17-26)20-10-5-11-23-24(20)27(22)16-15-25(23)2/h3-5,7-8,10-11,21-22H,6,9,12-17H2,1-2H3. The highest BCUT2D eigenvalue weighted by atomic mass is 15.3. The van der Waals surface area contributed by atoms with Gasteiger partial charge in [0.15, 0.2) is 0 Å². The molecular formula is C24H31N3. The Kier molecular flexibility index (Phi) is 4.35. The van der Waals surface area contributed by atoms with E-state index in [1.54, 1.807) is 11.3 Å². The van der Waals surface area contributed by atoms with E-state index in [4.69, 9.17) is 0 Å². The van der Waals surface area contributed by atoms with Crippen LogP contribution in [0.15, 0.2) is 42.5 Å². The molecule has 27 heavy (non-hydrogen) atoms. The van der Waals surface area contributed by atoms with Crippen LogP contribution in [0.3, 0.4) is 0 Å². The molecule has 0 bridgehead atoms. The molecule has 3 heteroatoms. The molecule has 3 aliphatic heterocycles. The molecule has 3 heterocycles. The quantitative estimate of drug-likeness (QED) is 0.813. The summed E-state index contributed by atoms with van der Waals surface area (Å²) in [6.07, 6.45) is 3.78. The molecule has 0 aliphatic carbocycles. The van der Waals surface area contributed by atoms with Gasteiger partial charge >= 0.3 is 0 Å². The topological polar surface area (TPSA) is 9.72 Å². The predicted molar refractivity (Wildman–Crippen MR) is 114 cm³/mol. The van der Waals surface area contributed by atoms with Gasteiger partial charge in [0, 0.05) is 45.2 Å². The minimum atomic E-state index is 0.693. The van der Waals surface area contributed by atoms with E-state index in [9.17, 15) is 0 Å². The number of benzene rings is 2. The summed E-state index contributed by atoms with van der Waals surface area (Å²) in [4.78, 5) is 7.90. The van der Waals surface area contributed by atoms with Crippen molar-refractivity contribution in [3.8, 4) is 0 Å². The number of likely N-dealkylation sites (N-methyl/N-ethyl adjacent to an activating group) is 1. The fourth-order valence-corrected chi connectivity index (χ4v) is 5.56. The van der Waals surface area contributed by atoms with Gasteiger partial charge in [0.2, 0.25) is 0 Å². The molecule has 0 aromatic heterocycles. The lowest BCUT2D eigenvalue weighted by Crippen LogP contribution is -2.49. The van der Waals surface area contributed by atoms with Crippen LogP contribution in [0.5, 0.6) is 0 Å². The van der Waals surface area contributed by atoms with Gasteiger partial charge in [-0.2, -0.15) is 0 Å². The molecule has 0 amide bonds. The van der Waals surface area contributed by atoms with Gasteiger partial charge in [0.05, 0.1) is 11.4 Å². The van der Waals surface area contributed by atoms with Crippen LogP contribution in [0.4, 0.5) is 11.4 Å². The second-order valence-corrected chi connectivity index (χ2v) is 8.62. The molecule has 3 nitrogen and oxygen atoms in total. The Morgan fingerprint density at radius 3 is 2.78 bits per heavy atom. The maximum Gasteiger partial charge on any atom is 0.0644 e. The fraction of sp³-hybridized carbons (Fsp3) is 0.500. The molecule has 2 aromatic carbocycles. The van der Waals surface area contributed by atoms with Gasteiger partial charge in [-0.1, -0.05) is 36.4 Å². The highest BCUT2D eigenvalue weighted by molar-refractivity contribution is 5.80. The minimum absolute atomic E-state index is 0.693. The number of hydrogen-bond acceptors (Lipinski definition) is 3. The van der Waals surface area contributed by atoms with Crippen LogP contribution >= 0.6 is 0 Å². The maximum absolute atomic E-state index is 2.74. The zero-order valence-corrected chi connectivity index (χ0v) is 16.7. The van der Waals surface area contributed by atoms with Crippen LogP contribution in [0, 0.1) is 6.92 Å². The SMILES string of the molecule is Cc1ccccc1CCCN1CCC2C(C1)c1cccc3c1N2CCN3C. The number of anilines is 2. The summed E-state index contributed by atoms with van der Waals surface area (Å²) in [6, 6.07) is 16.5. The molecule has 0 spiro atoms. The fourth-order valence-electron chi connectivity index (χ4n) is 5.56. The van der Waals surface area contributed by atoms with Crippen LogP contribution in [0.25, 0.3) is 0 Å². The largest absolute Gasteiger partial charge is 0.371 e. The van der Waals surface area contributed by atoms with Gasteiger partial charge < -0.3 is 14.7 Å². The van der Waals surface area contributed by atoms with Gasteiger partial charge in [-0.25, -0.2) is 0 Å². The zero-order valence-electron chi connectivity index (χ0n) is 16.7. The third-order valence-electron chi connectivity index (χ3n) is 7.06. The van der Waals surface area contributed by atoms with Gasteiger partial charge in [0.1, 0.15) is 0 Å². The average molecular weight is 362 g/mol. The van der Waals surface area contributed by atoms with E-state index < -0.39 is 0 Å². The van der Waals surface area contributed by atoms with Crippen molar-refractivity contribution in [3.63, 3.8) is 0 Å². The molecule has 2 atom stereocenters. The summed E-state index contributed by atoms with van der Waals surface area (Å²) in [7, 11) is 2.24. The van der Waals surface area contributed by atoms with Crippen molar-refractivity contribution in [2.24, 2.45) is 0 Å². The van der Waals surface area contributed by atoms with E-state index in [1.165, 1.54) is 62.3 Å². The number of rotatable bonds is 4. The van der Waals surface area contributed by atoms with E-state index in [2.05, 4.69) is 71.1 Å². The smallest absolute Gasteiger partial charge is 0.0644 e. The maximum atomic E-state index is 2.74. The summed E-state index contributed by atoms with van der Waals surface area (Å²) in [5.41, 5.74) is 7.55. The van der Waals surface area contributed by atoms with E-state index in [-0.39, 0.29) is 0 Å². The van der Waals surface area contributed by atoms with Crippen LogP contribution in [-0.2, 0) is 6.42 Å². The predicted octanol–water partition coefficient (Wildman–Crippen LogP) is 4.06. The lowest BCUT2D eigenvalue weighted by Gasteiger charge is -2.41. The molecule has 1 saturated heterocycles. The number of piperidine rings is 1. The number of likely N-dealkylation sites (tertiary alicyclic amines) is 1. The summed E-state index contributed by atoms with van der Waals surface area (Å²) in [5, 5.41) is 0. The molecular weight excluding hydrogens is 330 g/mol. The Bertz CT molecular complexity index is 830. The van der Waals surface area contributed by atoms with Crippen LogP contribution in [0.1, 0.15) is 35.4 Å². The summed E-state index contributed by atoms with van der Waals surface area (Å²) in [5.74, 6) is 0.693. The molecule has 0 radical (unpaired) electrons. The van der Waals surface area contributed by atoms with Gasteiger partial charge in [-0.05, 0) is 55.5 Å². The van der Waals surface area contributed by atoms with Crippen molar-refractivity contribution in [1.29, 1.82) is 0 Å². The molecule has 2 aromatic rings. The second kappa shape index (κ2) is 6.87. The second-order valence-electron chi connectivity index (χ2n) is 8.62. The van der Waals surface area contributed by atoms with Crippen molar-refractivity contribution in [2.45, 2.75) is 38.1 Å². The molecule has 0 saturated carbocycles. The first-order chi connectivity index (χ1) is 13.2. The Hall–Kier alpha value is -2.00. The first-order valence-corrected chi connectivity index (χ1v) is 10.6. The van der Waals surface area contributed by atoms with Gasteiger partial charge in [0.25, 0.3) is 0 Å². The van der Waals surface area contributed by atoms with Crippen molar-refractivity contribution < 1.29 is 0 Å². The molecule has 1 fully saturated rings. The number of fused-ring (bicyclic) bond motifs is 3. The molecule has 142 valence electrons. The van der Waals surface area contributed by atoms with Crippen LogP contribution in [-0.4, -0.2) is 50.7 Å². The van der Waals surface area contributed by atoms with E-state index in [1.807, 2.05) is 0 Å². The molecule has 2 unspecified atom stereocenters. The normalized spacial score (nSPS) is 24.1. The average Bonchev–Trinajstić information content (AvgIpc) is 3.01. The zero-order chi connectivity index (χ0) is 18.4. The Balaban J connectivity index is 1.28. The first-order valence-electron chi connectivity index (χ1n) is 10.6. The third kappa shape index (κ3) is 2.93. The third-order valence-corrected chi connectivity index (χ3v) is 7.06. The number of hydrogen-bond donors (Lipinski definition) is 0. The summed E-state index contributed by atoms with van der Waals surface area (Å²) in [6.45, 7) is 8.29. The summed E-state index contributed by atoms with van der Waals surface area (Å²) >= 11 is 0. The van der Waals surface area contributed by atoms with E-state index in [0.717, 1.165) is 12.6 Å². The molecule has 3 aliphatic rings. The van der Waals surface area contributed by atoms with Crippen molar-refractivity contribution in [3.05, 3.63) is 59.2 Å². The van der Waals surface area contributed by atoms with Crippen molar-refractivity contribution >= 4 is 11.4 Å². The Morgan fingerprint density at radius 2 is 1.89 bits per heavy atom. The summed E-state index contributed by atoms with van der Waals surface area (Å²) < 4.78 is 0. The number of para-hydroxylation sites is 1. The first kappa shape index (κ1) is 17.1. The molecule has 0 N–H and O–H groups in total. The lowest BCUT2D eigenvalue weighted by atomic mass is 9.89. The van der Waals surface area contributed by atoms with Crippen LogP contribution in [0.2, 0.25) is 0 Å². The van der Waals surface area contributed by atoms with Crippen molar-refractivity contribution in [1.82, 2.24) is 4.90 Å². The van der Waals surface area contributed by atoms with E-state index >= 15 is 0 Å². The Labute approximate surface area is 163 Å². The highest BCUT2D eigenvalue weighted by Crippen LogP contribution is 2.50. The minimum Gasteiger partial charge on any atom is -0.371 e. The van der Waals surface area contributed by atoms with E-state index in [0.29, 0.717) is 5.92 Å². The number of nitrogens with zero attached hydrogens (tertiary/aromatic N) is 3. The lowest BCUT2D eigenvalue weighted by molar-refractivity contribution is 0.191. The van der Waals surface area contributed by atoms with Gasteiger partial charge in [-0.15, -0.1) is 0 Å². The highest BCUT2D eigenvalue weighted by Gasteiger charge is 2.44. The van der Waals surface area contributed by atoms with Crippen LogP contribution < -0.4 is 9.80 Å². The monoisotopic (exact) mass is 361 g/mol. The van der Waals surface area contributed by atoms with Gasteiger partial charge in [-0.3, -0.25) is 0 Å². The number of aryl methyl sites for hydroxylation is 2. The van der Waals surface area contributed by atoms with Crippen molar-refractivity contribution in [2.75, 3.05) is 49.6 Å². The Morgan fingerprint density at radius 1 is 1.00 bits per heavy atom. The molecule has 5 rings (SSSR count).